The van der Waals surface area contributed by atoms with E-state index in [1.54, 1.807) is 12.4 Å². The van der Waals surface area contributed by atoms with Gasteiger partial charge < -0.3 is 0 Å². The van der Waals surface area contributed by atoms with E-state index in [-0.39, 0.29) is 11.0 Å². The molecule has 130 valence electrons. The highest BCUT2D eigenvalue weighted by atomic mass is 32.1. The van der Waals surface area contributed by atoms with E-state index in [0.717, 1.165) is 11.1 Å². The van der Waals surface area contributed by atoms with E-state index in [4.69, 9.17) is 0 Å². The lowest BCUT2D eigenvalue weighted by atomic mass is 9.87. The van der Waals surface area contributed by atoms with Crippen molar-refractivity contribution in [3.63, 3.8) is 0 Å². The van der Waals surface area contributed by atoms with Crippen LogP contribution in [0, 0.1) is 0 Å². The predicted molar refractivity (Wildman–Crippen MR) is 104 cm³/mol. The van der Waals surface area contributed by atoms with Crippen molar-refractivity contribution < 1.29 is 0 Å². The van der Waals surface area contributed by atoms with Crippen LogP contribution in [0.5, 0.6) is 0 Å². The summed E-state index contributed by atoms with van der Waals surface area (Å²) in [6.07, 6.45) is 5.24. The van der Waals surface area contributed by atoms with Crippen molar-refractivity contribution in [2.24, 2.45) is 0 Å². The van der Waals surface area contributed by atoms with Gasteiger partial charge in [0.1, 0.15) is 0 Å². The van der Waals surface area contributed by atoms with Crippen molar-refractivity contribution in [2.75, 3.05) is 0 Å². The summed E-state index contributed by atoms with van der Waals surface area (Å²) in [5.41, 5.74) is 2.98. The van der Waals surface area contributed by atoms with Crippen LogP contribution in [-0.2, 0) is 5.41 Å². The zero-order chi connectivity index (χ0) is 18.3. The third-order valence-corrected chi connectivity index (χ3v) is 5.13. The van der Waals surface area contributed by atoms with Crippen molar-refractivity contribution in [3.05, 3.63) is 74.8 Å². The number of aromatic nitrogens is 4. The van der Waals surface area contributed by atoms with Gasteiger partial charge in [-0.2, -0.15) is 9.50 Å². The Balaban J connectivity index is 1.74. The fourth-order valence-corrected chi connectivity index (χ4v) is 3.60. The van der Waals surface area contributed by atoms with Crippen LogP contribution >= 0.6 is 11.3 Å². The summed E-state index contributed by atoms with van der Waals surface area (Å²) in [6, 6.07) is 11.9. The van der Waals surface area contributed by atoms with E-state index >= 15 is 0 Å². The first-order chi connectivity index (χ1) is 12.4. The second-order valence-corrected chi connectivity index (χ2v) is 8.17. The van der Waals surface area contributed by atoms with Crippen LogP contribution in [0.3, 0.4) is 0 Å². The van der Waals surface area contributed by atoms with E-state index < -0.39 is 0 Å². The Morgan fingerprint density at radius 3 is 2.50 bits per heavy atom. The fourth-order valence-electron chi connectivity index (χ4n) is 2.69. The third kappa shape index (κ3) is 3.04. The molecule has 4 aromatic rings. The van der Waals surface area contributed by atoms with Gasteiger partial charge in [0.25, 0.3) is 5.56 Å². The number of hydrogen-bond acceptors (Lipinski definition) is 5. The van der Waals surface area contributed by atoms with Gasteiger partial charge in [0.2, 0.25) is 4.96 Å². The third-order valence-electron chi connectivity index (χ3n) is 4.17. The van der Waals surface area contributed by atoms with Crippen molar-refractivity contribution in [1.29, 1.82) is 0 Å². The van der Waals surface area contributed by atoms with Crippen LogP contribution < -0.4 is 10.1 Å². The Kier molecular flexibility index (Phi) is 3.92. The lowest BCUT2D eigenvalue weighted by molar-refractivity contribution is 0.590. The highest BCUT2D eigenvalue weighted by Crippen LogP contribution is 2.25. The van der Waals surface area contributed by atoms with E-state index in [1.165, 1.54) is 21.4 Å². The first-order valence-electron chi connectivity index (χ1n) is 8.34. The first-order valence-corrected chi connectivity index (χ1v) is 9.16. The Bertz CT molecular complexity index is 1170. The number of rotatable bonds is 2. The second-order valence-electron chi connectivity index (χ2n) is 7.16. The quantitative estimate of drug-likeness (QED) is 0.550. The van der Waals surface area contributed by atoms with Gasteiger partial charge in [-0.3, -0.25) is 9.78 Å². The molecular weight excluding hydrogens is 344 g/mol. The molecule has 3 aromatic heterocycles. The van der Waals surface area contributed by atoms with E-state index in [1.807, 2.05) is 30.3 Å². The molecular formula is C20H18N4OS. The number of pyridine rings is 1. The average Bonchev–Trinajstić information content (AvgIpc) is 3.15. The average molecular weight is 362 g/mol. The van der Waals surface area contributed by atoms with Crippen LogP contribution in [-0.4, -0.2) is 19.6 Å². The molecule has 5 nitrogen and oxygen atoms in total. The van der Waals surface area contributed by atoms with Crippen LogP contribution in [0.15, 0.2) is 53.6 Å². The number of hydrogen-bond donors (Lipinski definition) is 0. The highest BCUT2D eigenvalue weighted by molar-refractivity contribution is 7.15. The molecule has 0 saturated heterocycles. The minimum absolute atomic E-state index is 0.0969. The van der Waals surface area contributed by atoms with Gasteiger partial charge in [0.05, 0.1) is 4.53 Å². The molecule has 0 amide bonds. The summed E-state index contributed by atoms with van der Waals surface area (Å²) in [6.45, 7) is 6.53. The van der Waals surface area contributed by atoms with Crippen molar-refractivity contribution in [3.8, 4) is 11.4 Å². The van der Waals surface area contributed by atoms with Gasteiger partial charge in [-0.05, 0) is 28.7 Å². The molecule has 0 radical (unpaired) electrons. The van der Waals surface area contributed by atoms with E-state index in [0.29, 0.717) is 15.3 Å². The van der Waals surface area contributed by atoms with E-state index in [9.17, 15) is 4.79 Å². The van der Waals surface area contributed by atoms with E-state index in [2.05, 4.69) is 48.0 Å². The maximum Gasteiger partial charge on any atom is 0.291 e. The normalized spacial score (nSPS) is 12.8. The fraction of sp³-hybridized carbons (Fsp3) is 0.200. The largest absolute Gasteiger partial charge is 0.291 e. The molecule has 0 N–H and O–H groups in total. The summed E-state index contributed by atoms with van der Waals surface area (Å²) in [5.74, 6) is 0.571. The summed E-state index contributed by atoms with van der Waals surface area (Å²) in [7, 11) is 0. The molecule has 1 aromatic carbocycles. The molecule has 0 bridgehead atoms. The Morgan fingerprint density at radius 1 is 1.12 bits per heavy atom. The van der Waals surface area contributed by atoms with Gasteiger partial charge in [-0.25, -0.2) is 0 Å². The number of nitrogens with zero attached hydrogens (tertiary/aromatic N) is 4. The maximum atomic E-state index is 12.6. The molecule has 4 rings (SSSR count). The molecule has 0 aliphatic heterocycles. The summed E-state index contributed by atoms with van der Waals surface area (Å²) in [4.78, 5) is 21.8. The SMILES string of the molecule is CC(C)(C)c1ccc(-c2nc3sc(=Cc4cccnc4)c(=O)n3n2)cc1. The molecule has 0 aliphatic carbocycles. The van der Waals surface area contributed by atoms with Gasteiger partial charge in [0.15, 0.2) is 5.82 Å². The minimum atomic E-state index is -0.154. The van der Waals surface area contributed by atoms with Crippen molar-refractivity contribution in [1.82, 2.24) is 19.6 Å². The van der Waals surface area contributed by atoms with Crippen LogP contribution in [0.25, 0.3) is 22.4 Å². The lowest BCUT2D eigenvalue weighted by Crippen LogP contribution is -2.23. The smallest absolute Gasteiger partial charge is 0.266 e. The molecule has 0 unspecified atom stereocenters. The topological polar surface area (TPSA) is 60.2 Å². The standard InChI is InChI=1S/C20H18N4OS/c1-20(2,3)15-8-6-14(7-9-15)17-22-19-24(23-17)18(25)16(26-19)11-13-5-4-10-21-12-13/h4-12H,1-3H3. The highest BCUT2D eigenvalue weighted by Gasteiger charge is 2.15. The predicted octanol–water partition coefficient (Wildman–Crippen LogP) is 3.06. The Morgan fingerprint density at radius 2 is 1.88 bits per heavy atom. The molecule has 6 heteroatoms. The molecule has 0 saturated carbocycles. The Labute approximate surface area is 154 Å². The minimum Gasteiger partial charge on any atom is -0.266 e. The van der Waals surface area contributed by atoms with Gasteiger partial charge >= 0.3 is 0 Å². The van der Waals surface area contributed by atoms with Crippen molar-refractivity contribution >= 4 is 22.4 Å². The molecule has 0 aliphatic rings. The van der Waals surface area contributed by atoms with Gasteiger partial charge in [0, 0.05) is 18.0 Å². The zero-order valence-electron chi connectivity index (χ0n) is 14.8. The summed E-state index contributed by atoms with van der Waals surface area (Å²) in [5, 5.41) is 4.40. The zero-order valence-corrected chi connectivity index (χ0v) is 15.6. The lowest BCUT2D eigenvalue weighted by Gasteiger charge is -2.18. The summed E-state index contributed by atoms with van der Waals surface area (Å²) >= 11 is 1.34. The van der Waals surface area contributed by atoms with Crippen LogP contribution in [0.1, 0.15) is 31.9 Å². The van der Waals surface area contributed by atoms with Gasteiger partial charge in [-0.15, -0.1) is 5.10 Å². The number of fused-ring (bicyclic) bond motifs is 1. The number of thiazole rings is 1. The van der Waals surface area contributed by atoms with Crippen molar-refractivity contribution in [2.45, 2.75) is 26.2 Å². The molecule has 3 heterocycles. The maximum absolute atomic E-state index is 12.6. The molecule has 26 heavy (non-hydrogen) atoms. The summed E-state index contributed by atoms with van der Waals surface area (Å²) < 4.78 is 1.97. The van der Waals surface area contributed by atoms with Crippen LogP contribution in [0.2, 0.25) is 0 Å². The first kappa shape index (κ1) is 16.6. The van der Waals surface area contributed by atoms with Crippen LogP contribution in [0.4, 0.5) is 0 Å². The monoisotopic (exact) mass is 362 g/mol. The molecule has 0 atom stereocenters. The molecule has 0 spiro atoms. The van der Waals surface area contributed by atoms with Gasteiger partial charge in [-0.1, -0.05) is 62.4 Å². The second kappa shape index (κ2) is 6.14. The number of benzene rings is 1. The molecule has 0 fully saturated rings. The Hall–Kier alpha value is -2.86.